The number of alkyl halides is 2. The van der Waals surface area contributed by atoms with Crippen LogP contribution in [0.3, 0.4) is 0 Å². The highest BCUT2D eigenvalue weighted by atomic mass is 19.3. The molecule has 1 rings (SSSR count). The van der Waals surface area contributed by atoms with E-state index in [1.54, 1.807) is 0 Å². The summed E-state index contributed by atoms with van der Waals surface area (Å²) in [4.78, 5) is 13.0. The van der Waals surface area contributed by atoms with E-state index in [0.29, 0.717) is 6.20 Å². The fraction of sp³-hybridized carbons (Fsp3) is 0.143. The third-order valence-electron chi connectivity index (χ3n) is 1.36. The smallest absolute Gasteiger partial charge is 0.268 e. The number of carbonyl (C=O) groups excluding carboxylic acids is 1. The van der Waals surface area contributed by atoms with Crippen molar-refractivity contribution in [2.75, 3.05) is 0 Å². The van der Waals surface area contributed by atoms with Crippen LogP contribution >= 0.6 is 0 Å². The summed E-state index contributed by atoms with van der Waals surface area (Å²) in [6.07, 6.45) is -2.76. The highest BCUT2D eigenvalue weighted by Gasteiger charge is 2.20. The molecule has 0 radical (unpaired) electrons. The highest BCUT2D eigenvalue weighted by molar-refractivity contribution is 5.72. The van der Waals surface area contributed by atoms with Gasteiger partial charge in [-0.05, 0) is 0 Å². The monoisotopic (exact) mass is 193 g/mol. The molecule has 0 aliphatic heterocycles. The van der Waals surface area contributed by atoms with Crippen LogP contribution in [0.4, 0.5) is 17.6 Å². The van der Waals surface area contributed by atoms with Gasteiger partial charge in [-0.15, -0.1) is 0 Å². The number of hydrogen-bond acceptors (Lipinski definition) is 2. The van der Waals surface area contributed by atoms with Gasteiger partial charge in [0.1, 0.15) is 5.69 Å². The number of aromatic nitrogens is 1. The molecular formula is C7H3F4NO. The van der Waals surface area contributed by atoms with Crippen LogP contribution in [0, 0.1) is 11.6 Å². The van der Waals surface area contributed by atoms with Crippen LogP contribution < -0.4 is 0 Å². The molecule has 0 unspecified atom stereocenters. The summed E-state index contributed by atoms with van der Waals surface area (Å²) in [7, 11) is 0. The van der Waals surface area contributed by atoms with E-state index in [0.717, 1.165) is 0 Å². The molecule has 1 aromatic rings. The lowest BCUT2D eigenvalue weighted by Crippen LogP contribution is -2.02. The first-order valence-corrected chi connectivity index (χ1v) is 3.15. The summed E-state index contributed by atoms with van der Waals surface area (Å²) in [6, 6.07) is 0. The lowest BCUT2D eigenvalue weighted by atomic mass is 10.2. The van der Waals surface area contributed by atoms with Gasteiger partial charge >= 0.3 is 0 Å². The molecule has 0 amide bonds. The van der Waals surface area contributed by atoms with Crippen molar-refractivity contribution in [3.8, 4) is 0 Å². The maximum Gasteiger partial charge on any atom is 0.268 e. The van der Waals surface area contributed by atoms with Crippen molar-refractivity contribution in [1.82, 2.24) is 4.98 Å². The van der Waals surface area contributed by atoms with Crippen molar-refractivity contribution in [3.63, 3.8) is 0 Å². The lowest BCUT2D eigenvalue weighted by Gasteiger charge is -2.02. The average molecular weight is 193 g/mol. The molecule has 2 nitrogen and oxygen atoms in total. The fourth-order valence-electron chi connectivity index (χ4n) is 0.726. The van der Waals surface area contributed by atoms with Crippen LogP contribution in [-0.4, -0.2) is 11.3 Å². The van der Waals surface area contributed by atoms with Gasteiger partial charge in [0.2, 0.25) is 0 Å². The Labute approximate surface area is 70.2 Å². The van der Waals surface area contributed by atoms with Crippen molar-refractivity contribution in [3.05, 3.63) is 29.1 Å². The summed E-state index contributed by atoms with van der Waals surface area (Å²) < 4.78 is 49.1. The van der Waals surface area contributed by atoms with Gasteiger partial charge in [-0.25, -0.2) is 22.5 Å². The predicted molar refractivity (Wildman–Crippen MR) is 34.5 cm³/mol. The molecule has 0 aliphatic rings. The zero-order chi connectivity index (χ0) is 10.0. The molecule has 0 bridgehead atoms. The summed E-state index contributed by atoms with van der Waals surface area (Å²) in [5.41, 5.74) is -1.97. The Morgan fingerprint density at radius 1 is 1.31 bits per heavy atom. The number of nitrogens with zero attached hydrogens (tertiary/aromatic N) is 1. The van der Waals surface area contributed by atoms with Crippen LogP contribution in [0.15, 0.2) is 6.20 Å². The average Bonchev–Trinajstić information content (AvgIpc) is 2.09. The maximum absolute atomic E-state index is 12.6. The maximum atomic E-state index is 12.6. The number of hydrogen-bond donors (Lipinski definition) is 0. The SMILES string of the molecule is O=Cc1ncc(C(F)F)c(F)c1F. The third-order valence-corrected chi connectivity index (χ3v) is 1.36. The van der Waals surface area contributed by atoms with Gasteiger partial charge in [-0.2, -0.15) is 0 Å². The molecule has 0 spiro atoms. The summed E-state index contributed by atoms with van der Waals surface area (Å²) in [5.74, 6) is -3.38. The van der Waals surface area contributed by atoms with Crippen molar-refractivity contribution in [2.24, 2.45) is 0 Å². The molecule has 0 atom stereocenters. The Bertz CT molecular complexity index is 340. The number of aldehydes is 1. The normalized spacial score (nSPS) is 10.5. The second-order valence-electron chi connectivity index (χ2n) is 2.15. The molecule has 6 heteroatoms. The molecule has 13 heavy (non-hydrogen) atoms. The van der Waals surface area contributed by atoms with E-state index in [-0.39, 0.29) is 6.29 Å². The van der Waals surface area contributed by atoms with Crippen molar-refractivity contribution in [2.45, 2.75) is 6.43 Å². The second kappa shape index (κ2) is 3.51. The number of halogens is 4. The van der Waals surface area contributed by atoms with Crippen LogP contribution in [-0.2, 0) is 0 Å². The van der Waals surface area contributed by atoms with Gasteiger partial charge in [0.25, 0.3) is 6.43 Å². The summed E-state index contributed by atoms with van der Waals surface area (Å²) in [6.45, 7) is 0. The van der Waals surface area contributed by atoms with Gasteiger partial charge in [0.05, 0.1) is 5.56 Å². The second-order valence-corrected chi connectivity index (χ2v) is 2.15. The first-order chi connectivity index (χ1) is 6.07. The molecule has 0 aromatic carbocycles. The minimum absolute atomic E-state index is 0.0480. The Morgan fingerprint density at radius 3 is 2.38 bits per heavy atom. The molecule has 0 saturated heterocycles. The van der Waals surface area contributed by atoms with E-state index in [4.69, 9.17) is 0 Å². The Morgan fingerprint density at radius 2 is 1.92 bits per heavy atom. The van der Waals surface area contributed by atoms with Crippen molar-refractivity contribution in [1.29, 1.82) is 0 Å². The molecule has 0 N–H and O–H groups in total. The van der Waals surface area contributed by atoms with Gasteiger partial charge in [-0.1, -0.05) is 0 Å². The van der Waals surface area contributed by atoms with Gasteiger partial charge in [0.15, 0.2) is 17.9 Å². The minimum atomic E-state index is -3.15. The topological polar surface area (TPSA) is 30.0 Å². The molecular weight excluding hydrogens is 190 g/mol. The molecule has 70 valence electrons. The van der Waals surface area contributed by atoms with E-state index in [1.807, 2.05) is 0 Å². The van der Waals surface area contributed by atoms with E-state index in [9.17, 15) is 22.4 Å². The molecule has 0 aliphatic carbocycles. The van der Waals surface area contributed by atoms with E-state index >= 15 is 0 Å². The van der Waals surface area contributed by atoms with E-state index in [1.165, 1.54) is 0 Å². The minimum Gasteiger partial charge on any atom is -0.296 e. The fourth-order valence-corrected chi connectivity index (χ4v) is 0.726. The Kier molecular flexibility index (Phi) is 2.60. The first-order valence-electron chi connectivity index (χ1n) is 3.15. The van der Waals surface area contributed by atoms with Crippen LogP contribution in [0.2, 0.25) is 0 Å². The first kappa shape index (κ1) is 9.63. The van der Waals surface area contributed by atoms with Gasteiger partial charge in [-0.3, -0.25) is 4.79 Å². The summed E-state index contributed by atoms with van der Waals surface area (Å²) >= 11 is 0. The van der Waals surface area contributed by atoms with Crippen LogP contribution in [0.25, 0.3) is 0 Å². The Balaban J connectivity index is 3.31. The number of carbonyl (C=O) groups is 1. The largest absolute Gasteiger partial charge is 0.296 e. The number of rotatable bonds is 2. The Hall–Kier alpha value is -1.46. The molecule has 0 saturated carbocycles. The quantitative estimate of drug-likeness (QED) is 0.531. The van der Waals surface area contributed by atoms with Crippen molar-refractivity contribution < 1.29 is 22.4 Å². The molecule has 0 fully saturated rings. The standard InChI is InChI=1S/C7H3F4NO/c8-5-3(7(10)11)1-12-4(2-13)6(5)9/h1-2,7H. The summed E-state index contributed by atoms with van der Waals surface area (Å²) in [5, 5.41) is 0. The third kappa shape index (κ3) is 1.66. The number of pyridine rings is 1. The van der Waals surface area contributed by atoms with Crippen LogP contribution in [0.1, 0.15) is 22.5 Å². The van der Waals surface area contributed by atoms with Crippen molar-refractivity contribution >= 4 is 6.29 Å². The molecule has 1 heterocycles. The lowest BCUT2D eigenvalue weighted by molar-refractivity contribution is 0.111. The molecule has 1 aromatic heterocycles. The highest BCUT2D eigenvalue weighted by Crippen LogP contribution is 2.23. The zero-order valence-electron chi connectivity index (χ0n) is 6.10. The predicted octanol–water partition coefficient (Wildman–Crippen LogP) is 2.11. The van der Waals surface area contributed by atoms with Gasteiger partial charge < -0.3 is 0 Å². The van der Waals surface area contributed by atoms with E-state index < -0.39 is 29.3 Å². The van der Waals surface area contributed by atoms with Gasteiger partial charge in [0, 0.05) is 6.20 Å². The zero-order valence-corrected chi connectivity index (χ0v) is 6.10. The van der Waals surface area contributed by atoms with E-state index in [2.05, 4.69) is 4.98 Å². The van der Waals surface area contributed by atoms with Crippen LogP contribution in [0.5, 0.6) is 0 Å².